The molecule has 0 saturated heterocycles. The predicted molar refractivity (Wildman–Crippen MR) is 162 cm³/mol. The lowest BCUT2D eigenvalue weighted by Crippen LogP contribution is -2.50. The zero-order valence-corrected chi connectivity index (χ0v) is 24.8. The predicted octanol–water partition coefficient (Wildman–Crippen LogP) is 6.80. The Bertz CT molecular complexity index is 1370. The van der Waals surface area contributed by atoms with Crippen LogP contribution in [0.1, 0.15) is 31.9 Å². The summed E-state index contributed by atoms with van der Waals surface area (Å²) >= 11 is 0. The number of carbonyl (C=O) groups is 1. The molecule has 1 unspecified atom stereocenters. The van der Waals surface area contributed by atoms with Gasteiger partial charge in [-0.25, -0.2) is 15.4 Å². The van der Waals surface area contributed by atoms with Crippen molar-refractivity contribution in [2.24, 2.45) is 0 Å². The number of amides is 1. The van der Waals surface area contributed by atoms with E-state index in [0.29, 0.717) is 18.8 Å². The Kier molecular flexibility index (Phi) is 9.34. The van der Waals surface area contributed by atoms with Gasteiger partial charge in [0.2, 0.25) is 8.32 Å². The molecule has 4 aromatic rings. The molecule has 40 heavy (non-hydrogen) atoms. The van der Waals surface area contributed by atoms with Crippen molar-refractivity contribution in [3.05, 3.63) is 108 Å². The number of benzene rings is 3. The quantitative estimate of drug-likeness (QED) is 0.157. The van der Waals surface area contributed by atoms with Crippen LogP contribution in [0, 0.1) is 0 Å². The highest BCUT2D eigenvalue weighted by atomic mass is 28.4. The first kappa shape index (κ1) is 29.0. The molecule has 1 atom stereocenters. The number of aromatic nitrogens is 2. The monoisotopic (exact) mass is 554 g/mol. The molecule has 0 radical (unpaired) electrons. The highest BCUT2D eigenvalue weighted by Crippen LogP contribution is 2.36. The summed E-state index contributed by atoms with van der Waals surface area (Å²) in [6, 6.07) is 29.0. The average Bonchev–Trinajstić information content (AvgIpc) is 2.95. The summed E-state index contributed by atoms with van der Waals surface area (Å²) in [5.41, 5.74) is 6.55. The number of ether oxygens (including phenoxy) is 1. The summed E-state index contributed by atoms with van der Waals surface area (Å²) in [6.45, 7) is 11.1. The van der Waals surface area contributed by atoms with Crippen molar-refractivity contribution in [2.75, 3.05) is 5.32 Å². The summed E-state index contributed by atoms with van der Waals surface area (Å²) in [6.07, 6.45) is 1.97. The van der Waals surface area contributed by atoms with E-state index in [0.717, 1.165) is 28.1 Å². The van der Waals surface area contributed by atoms with Crippen LogP contribution in [0.15, 0.2) is 97.3 Å². The fourth-order valence-electron chi connectivity index (χ4n) is 3.70. The number of carbonyl (C=O) groups excluding carboxylic acids is 1. The Hall–Kier alpha value is -4.01. The van der Waals surface area contributed by atoms with Gasteiger partial charge in [0, 0.05) is 18.1 Å². The van der Waals surface area contributed by atoms with Crippen LogP contribution in [0.3, 0.4) is 0 Å². The van der Waals surface area contributed by atoms with Crippen LogP contribution in [0.5, 0.6) is 5.75 Å². The Morgan fingerprint density at radius 2 is 1.50 bits per heavy atom. The van der Waals surface area contributed by atoms with Gasteiger partial charge in [-0.2, -0.15) is 0 Å². The summed E-state index contributed by atoms with van der Waals surface area (Å²) in [7, 11) is -2.18. The average molecular weight is 555 g/mol. The van der Waals surface area contributed by atoms with E-state index >= 15 is 0 Å². The lowest BCUT2D eigenvalue weighted by atomic mass is 10.1. The van der Waals surface area contributed by atoms with Crippen LogP contribution in [-0.4, -0.2) is 30.2 Å². The van der Waals surface area contributed by atoms with Gasteiger partial charge in [-0.1, -0.05) is 81.4 Å². The highest BCUT2D eigenvalue weighted by Gasteiger charge is 2.39. The molecule has 7 nitrogen and oxygen atoms in total. The van der Waals surface area contributed by atoms with Crippen molar-refractivity contribution in [2.45, 2.75) is 58.0 Å². The molecule has 2 N–H and O–H groups in total. The molecule has 1 aromatic heterocycles. The summed E-state index contributed by atoms with van der Waals surface area (Å²) in [5.74, 6) is 1.09. The maximum Gasteiger partial charge on any atom is 0.265 e. The van der Waals surface area contributed by atoms with Gasteiger partial charge in [-0.15, -0.1) is 0 Å². The van der Waals surface area contributed by atoms with Crippen molar-refractivity contribution < 1.29 is 14.1 Å². The number of anilines is 1. The molecule has 3 aromatic carbocycles. The number of nitrogens with zero attached hydrogens (tertiary/aromatic N) is 2. The van der Waals surface area contributed by atoms with Gasteiger partial charge in [-0.3, -0.25) is 4.79 Å². The summed E-state index contributed by atoms with van der Waals surface area (Å²) < 4.78 is 11.9. The van der Waals surface area contributed by atoms with Gasteiger partial charge in [0.05, 0.1) is 5.69 Å². The van der Waals surface area contributed by atoms with E-state index in [1.165, 1.54) is 6.33 Å². The molecule has 208 valence electrons. The van der Waals surface area contributed by atoms with Crippen LogP contribution in [0.25, 0.3) is 11.3 Å². The van der Waals surface area contributed by atoms with E-state index in [1.807, 2.05) is 91.0 Å². The van der Waals surface area contributed by atoms with Crippen molar-refractivity contribution in [1.29, 1.82) is 0 Å². The number of hydrogen-bond donors (Lipinski definition) is 2. The van der Waals surface area contributed by atoms with Crippen molar-refractivity contribution >= 4 is 20.0 Å². The molecular formula is C32H38N4O3Si. The van der Waals surface area contributed by atoms with Gasteiger partial charge < -0.3 is 14.6 Å². The topological polar surface area (TPSA) is 85.4 Å². The van der Waals surface area contributed by atoms with Gasteiger partial charge in [0.15, 0.2) is 0 Å². The summed E-state index contributed by atoms with van der Waals surface area (Å²) in [4.78, 5) is 22.2. The second-order valence-corrected chi connectivity index (χ2v) is 16.0. The molecule has 0 saturated carbocycles. The molecule has 4 rings (SSSR count). The Morgan fingerprint density at radius 3 is 2.12 bits per heavy atom. The van der Waals surface area contributed by atoms with Crippen LogP contribution < -0.4 is 15.5 Å². The van der Waals surface area contributed by atoms with E-state index in [2.05, 4.69) is 54.6 Å². The zero-order chi connectivity index (χ0) is 28.6. The molecule has 0 bridgehead atoms. The fourth-order valence-corrected chi connectivity index (χ4v) is 4.36. The largest absolute Gasteiger partial charge is 0.489 e. The minimum absolute atomic E-state index is 0.0354. The van der Waals surface area contributed by atoms with Crippen molar-refractivity contribution in [1.82, 2.24) is 15.4 Å². The Morgan fingerprint density at radius 1 is 0.875 bits per heavy atom. The lowest BCUT2D eigenvalue weighted by Gasteiger charge is -2.35. The first-order valence-electron chi connectivity index (χ1n) is 13.5. The first-order valence-corrected chi connectivity index (χ1v) is 16.4. The molecule has 1 amide bonds. The number of rotatable bonds is 11. The van der Waals surface area contributed by atoms with E-state index in [4.69, 9.17) is 9.26 Å². The molecule has 0 spiro atoms. The SMILES string of the molecule is CC(C)(C)[Si](C)(C)ONC(=O)C(Cc1ccccc1)Nc1cc(-c2ccc(OCc3ccccc3)cc2)ncn1. The Balaban J connectivity index is 1.46. The van der Waals surface area contributed by atoms with E-state index in [1.54, 1.807) is 0 Å². The smallest absolute Gasteiger partial charge is 0.265 e. The minimum atomic E-state index is -2.18. The normalized spacial score (nSPS) is 12.4. The number of hydrogen-bond acceptors (Lipinski definition) is 6. The van der Waals surface area contributed by atoms with Gasteiger partial charge >= 0.3 is 0 Å². The molecular weight excluding hydrogens is 516 g/mol. The van der Waals surface area contributed by atoms with Gasteiger partial charge in [0.1, 0.15) is 30.5 Å². The highest BCUT2D eigenvalue weighted by molar-refractivity contribution is 6.74. The third kappa shape index (κ3) is 8.00. The van der Waals surface area contributed by atoms with Crippen LogP contribution in [0.4, 0.5) is 5.82 Å². The second kappa shape index (κ2) is 12.9. The van der Waals surface area contributed by atoms with Crippen LogP contribution >= 0.6 is 0 Å². The minimum Gasteiger partial charge on any atom is -0.489 e. The lowest BCUT2D eigenvalue weighted by molar-refractivity contribution is -0.129. The standard InChI is InChI=1S/C32H38N4O3Si/c1-32(2,3)40(4,5)39-36-31(37)29(20-24-12-8-6-9-13-24)35-30-21-28(33-23-34-30)26-16-18-27(19-17-26)38-22-25-14-10-7-11-15-25/h6-19,21,23,29H,20,22H2,1-5H3,(H,36,37)(H,33,34,35). The third-order valence-electron chi connectivity index (χ3n) is 7.20. The van der Waals surface area contributed by atoms with Gasteiger partial charge in [-0.05, 0) is 53.5 Å². The zero-order valence-electron chi connectivity index (χ0n) is 23.8. The molecule has 0 aliphatic heterocycles. The fraction of sp³-hybridized carbons (Fsp3) is 0.281. The molecule has 0 aliphatic rings. The van der Waals surface area contributed by atoms with Gasteiger partial charge in [0.25, 0.3) is 5.91 Å². The number of hydroxylamine groups is 1. The molecule has 0 aliphatic carbocycles. The maximum atomic E-state index is 13.3. The van der Waals surface area contributed by atoms with Crippen molar-refractivity contribution in [3.63, 3.8) is 0 Å². The number of nitrogens with one attached hydrogen (secondary N) is 2. The Labute approximate surface area is 238 Å². The van der Waals surface area contributed by atoms with Crippen LogP contribution in [0.2, 0.25) is 18.1 Å². The van der Waals surface area contributed by atoms with E-state index < -0.39 is 14.4 Å². The third-order valence-corrected chi connectivity index (χ3v) is 11.4. The van der Waals surface area contributed by atoms with E-state index in [9.17, 15) is 4.79 Å². The molecule has 1 heterocycles. The molecule has 0 fully saturated rings. The summed E-state index contributed by atoms with van der Waals surface area (Å²) in [5, 5.41) is 3.27. The second-order valence-electron chi connectivity index (χ2n) is 11.3. The van der Waals surface area contributed by atoms with Crippen LogP contribution in [-0.2, 0) is 22.3 Å². The molecule has 8 heteroatoms. The van der Waals surface area contributed by atoms with Crippen molar-refractivity contribution in [3.8, 4) is 17.0 Å². The first-order chi connectivity index (χ1) is 19.1. The van der Waals surface area contributed by atoms with E-state index in [-0.39, 0.29) is 10.9 Å². The maximum absolute atomic E-state index is 13.3.